The molecule has 104 valence electrons. The van der Waals surface area contributed by atoms with Crippen LogP contribution in [0, 0.1) is 10.1 Å². The lowest BCUT2D eigenvalue weighted by Gasteiger charge is -2.18. The maximum absolute atomic E-state index is 11.7. The minimum atomic E-state index is -0.485. The smallest absolute Gasteiger partial charge is 0.275 e. The van der Waals surface area contributed by atoms with Gasteiger partial charge in [-0.15, -0.1) is 0 Å². The Labute approximate surface area is 116 Å². The molecule has 1 amide bonds. The molecule has 1 aromatic carbocycles. The first-order valence-electron chi connectivity index (χ1n) is 5.71. The summed E-state index contributed by atoms with van der Waals surface area (Å²) in [6, 6.07) is 4.06. The number of nitro benzene ring substituents is 1. The highest BCUT2D eigenvalue weighted by atomic mass is 35.5. The van der Waals surface area contributed by atoms with E-state index in [1.807, 2.05) is 0 Å². The van der Waals surface area contributed by atoms with Gasteiger partial charge in [-0.05, 0) is 13.0 Å². The van der Waals surface area contributed by atoms with Crippen molar-refractivity contribution < 1.29 is 9.72 Å². The van der Waals surface area contributed by atoms with Gasteiger partial charge in [-0.2, -0.15) is 0 Å². The molecule has 1 unspecified atom stereocenters. The molecule has 1 atom stereocenters. The van der Waals surface area contributed by atoms with Crippen molar-refractivity contribution in [2.75, 3.05) is 14.1 Å². The maximum atomic E-state index is 11.7. The molecule has 0 fully saturated rings. The number of carbonyl (C=O) groups excluding carboxylic acids is 1. The summed E-state index contributed by atoms with van der Waals surface area (Å²) in [7, 11) is 3.30. The maximum Gasteiger partial charge on any atom is 0.275 e. The minimum absolute atomic E-state index is 0.0514. The molecule has 0 bridgehead atoms. The number of rotatable bonds is 5. The fourth-order valence-electron chi connectivity index (χ4n) is 1.62. The third kappa shape index (κ3) is 3.90. The van der Waals surface area contributed by atoms with E-state index in [4.69, 9.17) is 11.6 Å². The van der Waals surface area contributed by atoms with Crippen LogP contribution in [0.3, 0.4) is 0 Å². The van der Waals surface area contributed by atoms with Gasteiger partial charge >= 0.3 is 0 Å². The Kier molecular flexibility index (Phi) is 5.26. The van der Waals surface area contributed by atoms with Gasteiger partial charge in [-0.3, -0.25) is 14.9 Å². The fraction of sp³-hybridized carbons (Fsp3) is 0.417. The van der Waals surface area contributed by atoms with Gasteiger partial charge in [0.05, 0.1) is 21.6 Å². The SMILES string of the molecule is CC(NCc1c(Cl)cccc1[N+](=O)[O-])C(=O)N(C)C. The van der Waals surface area contributed by atoms with Crippen LogP contribution in [0.5, 0.6) is 0 Å². The number of hydrogen-bond donors (Lipinski definition) is 1. The Hall–Kier alpha value is -1.66. The van der Waals surface area contributed by atoms with Crippen molar-refractivity contribution in [2.45, 2.75) is 19.5 Å². The van der Waals surface area contributed by atoms with Crippen LogP contribution in [-0.2, 0) is 11.3 Å². The first kappa shape index (κ1) is 15.4. The summed E-state index contributed by atoms with van der Waals surface area (Å²) < 4.78 is 0. The summed E-state index contributed by atoms with van der Waals surface area (Å²) in [5, 5.41) is 14.2. The Balaban J connectivity index is 2.83. The van der Waals surface area contributed by atoms with Crippen molar-refractivity contribution in [1.82, 2.24) is 10.2 Å². The highest BCUT2D eigenvalue weighted by molar-refractivity contribution is 6.31. The van der Waals surface area contributed by atoms with Crippen molar-refractivity contribution in [3.8, 4) is 0 Å². The van der Waals surface area contributed by atoms with Gasteiger partial charge in [0, 0.05) is 26.7 Å². The van der Waals surface area contributed by atoms with Crippen LogP contribution in [0.25, 0.3) is 0 Å². The first-order valence-corrected chi connectivity index (χ1v) is 6.08. The zero-order valence-electron chi connectivity index (χ0n) is 11.0. The average molecular weight is 286 g/mol. The molecule has 0 saturated heterocycles. The Morgan fingerprint density at radius 2 is 2.16 bits per heavy atom. The number of amides is 1. The third-order valence-corrected chi connectivity index (χ3v) is 3.04. The van der Waals surface area contributed by atoms with Crippen molar-refractivity contribution in [3.05, 3.63) is 38.9 Å². The summed E-state index contributed by atoms with van der Waals surface area (Å²) in [4.78, 5) is 23.5. The molecule has 1 rings (SSSR count). The van der Waals surface area contributed by atoms with Gasteiger partial charge in [0.1, 0.15) is 0 Å². The first-order chi connectivity index (χ1) is 8.84. The standard InChI is InChI=1S/C12H16ClN3O3/c1-8(12(17)15(2)3)14-7-9-10(13)5-4-6-11(9)16(18)19/h4-6,8,14H,7H2,1-3H3. The average Bonchev–Trinajstić information content (AvgIpc) is 2.35. The molecule has 0 spiro atoms. The predicted molar refractivity (Wildman–Crippen MR) is 73.1 cm³/mol. The molecular weight excluding hydrogens is 270 g/mol. The number of benzene rings is 1. The van der Waals surface area contributed by atoms with E-state index < -0.39 is 11.0 Å². The van der Waals surface area contributed by atoms with E-state index in [9.17, 15) is 14.9 Å². The van der Waals surface area contributed by atoms with E-state index in [2.05, 4.69) is 5.32 Å². The molecular formula is C12H16ClN3O3. The summed E-state index contributed by atoms with van der Waals surface area (Å²) in [6.45, 7) is 1.86. The van der Waals surface area contributed by atoms with Crippen molar-refractivity contribution >= 4 is 23.2 Å². The van der Waals surface area contributed by atoms with E-state index in [1.54, 1.807) is 27.1 Å². The van der Waals surface area contributed by atoms with Crippen LogP contribution in [0.2, 0.25) is 5.02 Å². The molecule has 6 nitrogen and oxygen atoms in total. The largest absolute Gasteiger partial charge is 0.347 e. The molecule has 1 aromatic rings. The molecule has 0 radical (unpaired) electrons. The number of nitro groups is 1. The van der Waals surface area contributed by atoms with Crippen LogP contribution in [-0.4, -0.2) is 35.9 Å². The quantitative estimate of drug-likeness (QED) is 0.661. The molecule has 1 N–H and O–H groups in total. The highest BCUT2D eigenvalue weighted by Gasteiger charge is 2.19. The summed E-state index contributed by atoms with van der Waals surface area (Å²) in [6.07, 6.45) is 0. The summed E-state index contributed by atoms with van der Waals surface area (Å²) in [5.74, 6) is -0.102. The van der Waals surface area contributed by atoms with E-state index in [0.717, 1.165) is 0 Å². The van der Waals surface area contributed by atoms with Gasteiger partial charge in [-0.25, -0.2) is 0 Å². The van der Waals surface area contributed by atoms with E-state index in [1.165, 1.54) is 17.0 Å². The Bertz CT molecular complexity index is 491. The Morgan fingerprint density at radius 3 is 2.68 bits per heavy atom. The third-order valence-electron chi connectivity index (χ3n) is 2.69. The molecule has 0 aliphatic heterocycles. The number of carbonyl (C=O) groups is 1. The van der Waals surface area contributed by atoms with Crippen molar-refractivity contribution in [1.29, 1.82) is 0 Å². The molecule has 0 heterocycles. The van der Waals surface area contributed by atoms with E-state index >= 15 is 0 Å². The lowest BCUT2D eigenvalue weighted by molar-refractivity contribution is -0.385. The molecule has 0 aliphatic rings. The van der Waals surface area contributed by atoms with Crippen LogP contribution < -0.4 is 5.32 Å². The number of hydrogen-bond acceptors (Lipinski definition) is 4. The number of halogens is 1. The molecule has 19 heavy (non-hydrogen) atoms. The monoisotopic (exact) mass is 285 g/mol. The molecule has 0 aliphatic carbocycles. The predicted octanol–water partition coefficient (Wildman–Crippen LogP) is 1.81. The van der Waals surface area contributed by atoms with Crippen LogP contribution in [0.1, 0.15) is 12.5 Å². The second-order valence-electron chi connectivity index (χ2n) is 4.33. The lowest BCUT2D eigenvalue weighted by Crippen LogP contribution is -2.41. The molecule has 7 heteroatoms. The second-order valence-corrected chi connectivity index (χ2v) is 4.74. The highest BCUT2D eigenvalue weighted by Crippen LogP contribution is 2.25. The summed E-state index contributed by atoms with van der Waals surface area (Å²) in [5.41, 5.74) is 0.331. The van der Waals surface area contributed by atoms with Gasteiger partial charge in [0.25, 0.3) is 5.69 Å². The fourth-order valence-corrected chi connectivity index (χ4v) is 1.86. The number of nitrogens with one attached hydrogen (secondary N) is 1. The van der Waals surface area contributed by atoms with Gasteiger partial charge < -0.3 is 10.2 Å². The number of likely N-dealkylation sites (N-methyl/N-ethyl adjacent to an activating group) is 1. The second kappa shape index (κ2) is 6.49. The van der Waals surface area contributed by atoms with Crippen molar-refractivity contribution in [3.63, 3.8) is 0 Å². The number of nitrogens with zero attached hydrogens (tertiary/aromatic N) is 2. The van der Waals surface area contributed by atoms with Gasteiger partial charge in [0.15, 0.2) is 0 Å². The van der Waals surface area contributed by atoms with Crippen LogP contribution >= 0.6 is 11.6 Å². The zero-order chi connectivity index (χ0) is 14.6. The minimum Gasteiger partial charge on any atom is -0.347 e. The molecule has 0 aromatic heterocycles. The van der Waals surface area contributed by atoms with E-state index in [0.29, 0.717) is 10.6 Å². The van der Waals surface area contributed by atoms with Crippen LogP contribution in [0.15, 0.2) is 18.2 Å². The van der Waals surface area contributed by atoms with E-state index in [-0.39, 0.29) is 18.1 Å². The topological polar surface area (TPSA) is 75.5 Å². The van der Waals surface area contributed by atoms with Gasteiger partial charge in [-0.1, -0.05) is 17.7 Å². The molecule has 0 saturated carbocycles. The summed E-state index contributed by atoms with van der Waals surface area (Å²) >= 11 is 5.96. The van der Waals surface area contributed by atoms with Gasteiger partial charge in [0.2, 0.25) is 5.91 Å². The zero-order valence-corrected chi connectivity index (χ0v) is 11.8. The Morgan fingerprint density at radius 1 is 1.53 bits per heavy atom. The van der Waals surface area contributed by atoms with Crippen LogP contribution in [0.4, 0.5) is 5.69 Å². The normalized spacial score (nSPS) is 12.0. The van der Waals surface area contributed by atoms with Crippen molar-refractivity contribution in [2.24, 2.45) is 0 Å². The lowest BCUT2D eigenvalue weighted by atomic mass is 10.1.